The van der Waals surface area contributed by atoms with Crippen molar-refractivity contribution < 1.29 is 17.9 Å². The van der Waals surface area contributed by atoms with Crippen LogP contribution < -0.4 is 10.1 Å². The Morgan fingerprint density at radius 1 is 0.971 bits per heavy atom. The molecule has 0 spiro atoms. The molecule has 34 heavy (non-hydrogen) atoms. The van der Waals surface area contributed by atoms with Crippen molar-refractivity contribution in [1.29, 1.82) is 0 Å². The minimum Gasteiger partial charge on any atom is -0.457 e. The second kappa shape index (κ2) is 10.8. The molecule has 1 fully saturated rings. The fourth-order valence-electron chi connectivity index (χ4n) is 4.23. The lowest BCUT2D eigenvalue weighted by Crippen LogP contribution is -2.45. The Hall–Kier alpha value is -3.16. The number of para-hydroxylation sites is 2. The lowest BCUT2D eigenvalue weighted by Gasteiger charge is -2.34. The standard InChI is InChI=1S/C27H30N2O4S/c1-21-14-16-24(17-15-21)34(31,32)29-20-8-7-9-22(29)18-19-28-27(30)25-12-5-6-13-26(25)33-23-10-3-2-4-11-23/h2-6,10-17,22H,7-9,18-20H2,1H3,(H,28,30). The summed E-state index contributed by atoms with van der Waals surface area (Å²) in [4.78, 5) is 13.2. The van der Waals surface area contributed by atoms with E-state index in [1.807, 2.05) is 55.5 Å². The highest BCUT2D eigenvalue weighted by Crippen LogP contribution is 2.28. The van der Waals surface area contributed by atoms with Gasteiger partial charge in [-0.25, -0.2) is 8.42 Å². The number of ether oxygens (including phenoxy) is 1. The van der Waals surface area contributed by atoms with Gasteiger partial charge in [-0.15, -0.1) is 0 Å². The van der Waals surface area contributed by atoms with Crippen molar-refractivity contribution in [2.45, 2.75) is 43.5 Å². The summed E-state index contributed by atoms with van der Waals surface area (Å²) in [5.74, 6) is 0.893. The quantitative estimate of drug-likeness (QED) is 0.486. The molecule has 0 aliphatic carbocycles. The minimum atomic E-state index is -3.57. The molecule has 178 valence electrons. The zero-order chi connectivity index (χ0) is 24.0. The Morgan fingerprint density at radius 3 is 2.44 bits per heavy atom. The number of hydrogen-bond acceptors (Lipinski definition) is 4. The predicted molar refractivity (Wildman–Crippen MR) is 133 cm³/mol. The molecule has 3 aromatic carbocycles. The Morgan fingerprint density at radius 2 is 1.68 bits per heavy atom. The number of aryl methyl sites for hydroxylation is 1. The van der Waals surface area contributed by atoms with Gasteiger partial charge in [0.05, 0.1) is 10.5 Å². The molecule has 1 heterocycles. The van der Waals surface area contributed by atoms with Gasteiger partial charge in [-0.2, -0.15) is 4.31 Å². The maximum absolute atomic E-state index is 13.3. The molecule has 0 bridgehead atoms. The zero-order valence-corrected chi connectivity index (χ0v) is 20.1. The number of benzene rings is 3. The van der Waals surface area contributed by atoms with Gasteiger partial charge >= 0.3 is 0 Å². The van der Waals surface area contributed by atoms with E-state index in [0.29, 0.717) is 41.5 Å². The van der Waals surface area contributed by atoms with Crippen molar-refractivity contribution >= 4 is 15.9 Å². The largest absolute Gasteiger partial charge is 0.457 e. The number of rotatable bonds is 8. The van der Waals surface area contributed by atoms with E-state index in [1.54, 1.807) is 34.6 Å². The van der Waals surface area contributed by atoms with Crippen molar-refractivity contribution in [3.8, 4) is 11.5 Å². The van der Waals surface area contributed by atoms with E-state index < -0.39 is 10.0 Å². The van der Waals surface area contributed by atoms with Gasteiger partial charge in [-0.05, 0) is 62.6 Å². The van der Waals surface area contributed by atoms with Crippen LogP contribution in [0.25, 0.3) is 0 Å². The molecule has 1 saturated heterocycles. The van der Waals surface area contributed by atoms with Gasteiger partial charge in [0.15, 0.2) is 0 Å². The smallest absolute Gasteiger partial charge is 0.255 e. The molecule has 1 amide bonds. The van der Waals surface area contributed by atoms with Crippen LogP contribution in [0.5, 0.6) is 11.5 Å². The molecule has 0 radical (unpaired) electrons. The third-order valence-corrected chi connectivity index (χ3v) is 8.03. The molecule has 1 N–H and O–H groups in total. The first-order chi connectivity index (χ1) is 16.4. The fraction of sp³-hybridized carbons (Fsp3) is 0.296. The number of carbonyl (C=O) groups excluding carboxylic acids is 1. The van der Waals surface area contributed by atoms with Crippen molar-refractivity contribution in [2.75, 3.05) is 13.1 Å². The van der Waals surface area contributed by atoms with E-state index in [2.05, 4.69) is 5.32 Å². The number of nitrogens with one attached hydrogen (secondary N) is 1. The molecule has 4 rings (SSSR count). The van der Waals surface area contributed by atoms with Crippen molar-refractivity contribution in [2.24, 2.45) is 0 Å². The van der Waals surface area contributed by atoms with E-state index in [9.17, 15) is 13.2 Å². The highest BCUT2D eigenvalue weighted by atomic mass is 32.2. The Kier molecular flexibility index (Phi) is 7.65. The first-order valence-corrected chi connectivity index (χ1v) is 13.1. The number of carbonyl (C=O) groups is 1. The molecular formula is C27H30N2O4S. The number of hydrogen-bond donors (Lipinski definition) is 1. The molecule has 1 atom stereocenters. The monoisotopic (exact) mass is 478 g/mol. The molecule has 1 aliphatic heterocycles. The molecule has 7 heteroatoms. The van der Waals surface area contributed by atoms with Crippen LogP contribution in [0.15, 0.2) is 83.8 Å². The highest BCUT2D eigenvalue weighted by Gasteiger charge is 2.33. The first-order valence-electron chi connectivity index (χ1n) is 11.6. The van der Waals surface area contributed by atoms with E-state index in [0.717, 1.165) is 24.8 Å². The minimum absolute atomic E-state index is 0.142. The Bertz CT molecular complexity index is 1210. The normalized spacial score (nSPS) is 16.7. The van der Waals surface area contributed by atoms with E-state index in [-0.39, 0.29) is 11.9 Å². The van der Waals surface area contributed by atoms with Gasteiger partial charge in [0.2, 0.25) is 10.0 Å². The molecule has 1 unspecified atom stereocenters. The maximum Gasteiger partial charge on any atom is 0.255 e. The molecule has 3 aromatic rings. The summed E-state index contributed by atoms with van der Waals surface area (Å²) in [5.41, 5.74) is 1.47. The van der Waals surface area contributed by atoms with Crippen LogP contribution in [0.1, 0.15) is 41.6 Å². The molecule has 0 saturated carbocycles. The van der Waals surface area contributed by atoms with Crippen LogP contribution in [0, 0.1) is 6.92 Å². The number of piperidine rings is 1. The lowest BCUT2D eigenvalue weighted by atomic mass is 10.0. The second-order valence-corrected chi connectivity index (χ2v) is 10.4. The van der Waals surface area contributed by atoms with Crippen LogP contribution in [-0.4, -0.2) is 37.8 Å². The SMILES string of the molecule is Cc1ccc(S(=O)(=O)N2CCCCC2CCNC(=O)c2ccccc2Oc2ccccc2)cc1. The summed E-state index contributed by atoms with van der Waals surface area (Å²) in [6.45, 7) is 2.82. The summed E-state index contributed by atoms with van der Waals surface area (Å²) in [6, 6.07) is 23.3. The molecule has 0 aromatic heterocycles. The average molecular weight is 479 g/mol. The van der Waals surface area contributed by atoms with Crippen LogP contribution in [0.3, 0.4) is 0 Å². The predicted octanol–water partition coefficient (Wildman–Crippen LogP) is 5.15. The van der Waals surface area contributed by atoms with Gasteiger partial charge in [-0.1, -0.05) is 54.4 Å². The lowest BCUT2D eigenvalue weighted by molar-refractivity contribution is 0.0947. The zero-order valence-electron chi connectivity index (χ0n) is 19.3. The summed E-state index contributed by atoms with van der Waals surface area (Å²) in [5, 5.41) is 2.95. The van der Waals surface area contributed by atoms with E-state index in [1.165, 1.54) is 0 Å². The summed E-state index contributed by atoms with van der Waals surface area (Å²) in [7, 11) is -3.57. The van der Waals surface area contributed by atoms with E-state index >= 15 is 0 Å². The number of nitrogens with zero attached hydrogens (tertiary/aromatic N) is 1. The summed E-state index contributed by atoms with van der Waals surface area (Å²) in [6.07, 6.45) is 3.16. The van der Waals surface area contributed by atoms with Gasteiger partial charge in [0.1, 0.15) is 11.5 Å². The number of sulfonamides is 1. The fourth-order valence-corrected chi connectivity index (χ4v) is 5.95. The van der Waals surface area contributed by atoms with Crippen LogP contribution in [0.4, 0.5) is 0 Å². The molecule has 6 nitrogen and oxygen atoms in total. The molecule has 1 aliphatic rings. The molecular weight excluding hydrogens is 448 g/mol. The average Bonchev–Trinajstić information content (AvgIpc) is 2.85. The number of amides is 1. The van der Waals surface area contributed by atoms with Crippen molar-refractivity contribution in [1.82, 2.24) is 9.62 Å². The maximum atomic E-state index is 13.3. The topological polar surface area (TPSA) is 75.7 Å². The van der Waals surface area contributed by atoms with Crippen LogP contribution >= 0.6 is 0 Å². The van der Waals surface area contributed by atoms with Crippen LogP contribution in [-0.2, 0) is 10.0 Å². The van der Waals surface area contributed by atoms with Gasteiger partial charge < -0.3 is 10.1 Å². The van der Waals surface area contributed by atoms with Gasteiger partial charge in [-0.3, -0.25) is 4.79 Å². The Balaban J connectivity index is 1.40. The third kappa shape index (κ3) is 5.66. The van der Waals surface area contributed by atoms with Gasteiger partial charge in [0.25, 0.3) is 5.91 Å². The van der Waals surface area contributed by atoms with Gasteiger partial charge in [0, 0.05) is 19.1 Å². The third-order valence-electron chi connectivity index (χ3n) is 6.07. The second-order valence-electron chi connectivity index (χ2n) is 8.53. The summed E-state index contributed by atoms with van der Waals surface area (Å²) >= 11 is 0. The van der Waals surface area contributed by atoms with Crippen molar-refractivity contribution in [3.63, 3.8) is 0 Å². The van der Waals surface area contributed by atoms with Crippen molar-refractivity contribution in [3.05, 3.63) is 90.0 Å². The van der Waals surface area contributed by atoms with E-state index in [4.69, 9.17) is 4.74 Å². The summed E-state index contributed by atoms with van der Waals surface area (Å²) < 4.78 is 34.0. The first kappa shape index (κ1) is 24.0. The Labute approximate surface area is 201 Å². The van der Waals surface area contributed by atoms with Crippen LogP contribution in [0.2, 0.25) is 0 Å². The highest BCUT2D eigenvalue weighted by molar-refractivity contribution is 7.89.